The van der Waals surface area contributed by atoms with Gasteiger partial charge in [-0.15, -0.1) is 0 Å². The molecule has 0 aliphatic heterocycles. The van der Waals surface area contributed by atoms with Crippen molar-refractivity contribution in [3.63, 3.8) is 0 Å². The van der Waals surface area contributed by atoms with Gasteiger partial charge in [-0.05, 0) is 54.3 Å². The monoisotopic (exact) mass is 675 g/mol. The Morgan fingerprint density at radius 1 is 1.02 bits per heavy atom. The molecule has 0 aromatic heterocycles. The summed E-state index contributed by atoms with van der Waals surface area (Å²) in [6.45, 7) is -0.444. The first-order valence-electron chi connectivity index (χ1n) is 13.7. The highest BCUT2D eigenvalue weighted by molar-refractivity contribution is 9.10. The molecular weight excluding hydrogens is 642 g/mol. The first kappa shape index (κ1) is 31.8. The number of carbonyl (C=O) groups excluding carboxylic acids is 2. The lowest BCUT2D eigenvalue weighted by Crippen LogP contribution is -2.54. The highest BCUT2D eigenvalue weighted by Gasteiger charge is 2.35. The second kappa shape index (κ2) is 14.4. The van der Waals surface area contributed by atoms with Crippen LogP contribution >= 0.6 is 27.5 Å². The second-order valence-corrected chi connectivity index (χ2v) is 13.7. The number of amides is 2. The van der Waals surface area contributed by atoms with Gasteiger partial charge in [0.1, 0.15) is 18.3 Å². The van der Waals surface area contributed by atoms with Crippen LogP contribution in [0.3, 0.4) is 0 Å². The summed E-state index contributed by atoms with van der Waals surface area (Å²) >= 11 is 9.67. The van der Waals surface area contributed by atoms with Gasteiger partial charge in [-0.25, -0.2) is 8.42 Å². The molecule has 0 spiro atoms. The zero-order valence-electron chi connectivity index (χ0n) is 23.6. The van der Waals surface area contributed by atoms with Crippen LogP contribution in [0, 0.1) is 0 Å². The number of hydrogen-bond acceptors (Lipinski definition) is 5. The standard InChI is InChI=1S/C31H35BrClN3O5S/c1-41-29-17-16-25(33)19-27(29)36(42(2,39)40)21-30(37)35(20-23-12-14-24(32)15-13-23)28(18-22-8-4-3-5-9-22)31(38)34-26-10-6-7-11-26/h3-5,8-9,12-17,19,26,28H,6-7,10-11,18,20-21H2,1-2H3,(H,34,38)/t28-/m1/s1. The number of anilines is 1. The van der Waals surface area contributed by atoms with E-state index in [1.807, 2.05) is 54.6 Å². The predicted octanol–water partition coefficient (Wildman–Crippen LogP) is 5.58. The van der Waals surface area contributed by atoms with Crippen LogP contribution in [0.15, 0.2) is 77.3 Å². The van der Waals surface area contributed by atoms with Crippen molar-refractivity contribution in [1.82, 2.24) is 10.2 Å². The molecule has 1 saturated carbocycles. The van der Waals surface area contributed by atoms with E-state index in [2.05, 4.69) is 21.2 Å². The van der Waals surface area contributed by atoms with E-state index >= 15 is 0 Å². The van der Waals surface area contributed by atoms with Crippen LogP contribution < -0.4 is 14.4 Å². The van der Waals surface area contributed by atoms with Crippen LogP contribution in [0.25, 0.3) is 0 Å². The molecule has 4 rings (SSSR count). The minimum atomic E-state index is -3.96. The van der Waals surface area contributed by atoms with Gasteiger partial charge in [-0.2, -0.15) is 0 Å². The smallest absolute Gasteiger partial charge is 0.244 e. The summed E-state index contributed by atoms with van der Waals surface area (Å²) in [4.78, 5) is 29.7. The van der Waals surface area contributed by atoms with Crippen LogP contribution in [0.1, 0.15) is 36.8 Å². The quantitative estimate of drug-likeness (QED) is 0.271. The Labute approximate surface area is 261 Å². The number of methoxy groups -OCH3 is 1. The fraction of sp³-hybridized carbons (Fsp3) is 0.355. The van der Waals surface area contributed by atoms with Gasteiger partial charge in [0.25, 0.3) is 0 Å². The average Bonchev–Trinajstić information content (AvgIpc) is 3.47. The lowest BCUT2D eigenvalue weighted by Gasteiger charge is -2.34. The maximum absolute atomic E-state index is 14.3. The van der Waals surface area contributed by atoms with Gasteiger partial charge in [-0.1, -0.05) is 82.8 Å². The molecule has 3 aromatic carbocycles. The third-order valence-corrected chi connectivity index (χ3v) is 9.22. The van der Waals surface area contributed by atoms with Crippen molar-refractivity contribution in [2.45, 2.75) is 50.7 Å². The van der Waals surface area contributed by atoms with Gasteiger partial charge in [-0.3, -0.25) is 13.9 Å². The summed E-state index contributed by atoms with van der Waals surface area (Å²) in [5.41, 5.74) is 1.82. The van der Waals surface area contributed by atoms with E-state index in [0.717, 1.165) is 51.8 Å². The molecule has 0 bridgehead atoms. The summed E-state index contributed by atoms with van der Waals surface area (Å²) in [7, 11) is -2.54. The van der Waals surface area contributed by atoms with Crippen LogP contribution in [-0.2, 0) is 32.6 Å². The van der Waals surface area contributed by atoms with Crippen molar-refractivity contribution < 1.29 is 22.7 Å². The van der Waals surface area contributed by atoms with Crippen molar-refractivity contribution in [3.05, 3.63) is 93.4 Å². The molecule has 0 radical (unpaired) electrons. The van der Waals surface area contributed by atoms with Gasteiger partial charge >= 0.3 is 0 Å². The number of carbonyl (C=O) groups is 2. The van der Waals surface area contributed by atoms with Gasteiger partial charge in [0.05, 0.1) is 19.1 Å². The largest absolute Gasteiger partial charge is 0.495 e. The summed E-state index contributed by atoms with van der Waals surface area (Å²) in [6.07, 6.45) is 5.15. The van der Waals surface area contributed by atoms with Crippen LogP contribution in [0.2, 0.25) is 5.02 Å². The van der Waals surface area contributed by atoms with Gasteiger partial charge < -0.3 is 15.0 Å². The Bertz CT molecular complexity index is 1480. The third-order valence-electron chi connectivity index (χ3n) is 7.33. The Morgan fingerprint density at radius 3 is 2.31 bits per heavy atom. The Kier molecular flexibility index (Phi) is 10.9. The van der Waals surface area contributed by atoms with E-state index in [1.165, 1.54) is 18.1 Å². The molecule has 2 amide bonds. The van der Waals surface area contributed by atoms with Crippen molar-refractivity contribution in [2.75, 3.05) is 24.2 Å². The maximum atomic E-state index is 14.3. The van der Waals surface area contributed by atoms with Crippen molar-refractivity contribution >= 4 is 55.1 Å². The van der Waals surface area contributed by atoms with Crippen molar-refractivity contribution in [1.29, 1.82) is 0 Å². The number of nitrogens with zero attached hydrogens (tertiary/aromatic N) is 2. The number of rotatable bonds is 12. The average molecular weight is 677 g/mol. The predicted molar refractivity (Wildman–Crippen MR) is 169 cm³/mol. The number of halogens is 2. The molecule has 42 heavy (non-hydrogen) atoms. The SMILES string of the molecule is COc1ccc(Cl)cc1N(CC(=O)N(Cc1ccc(Br)cc1)[C@H](Cc1ccccc1)C(=O)NC1CCCC1)S(C)(=O)=O. The summed E-state index contributed by atoms with van der Waals surface area (Å²) < 4.78 is 33.4. The fourth-order valence-electron chi connectivity index (χ4n) is 5.16. The first-order chi connectivity index (χ1) is 20.0. The van der Waals surface area contributed by atoms with E-state index in [4.69, 9.17) is 16.3 Å². The molecule has 0 saturated heterocycles. The topological polar surface area (TPSA) is 96.0 Å². The van der Waals surface area contributed by atoms with Crippen LogP contribution in [-0.4, -0.2) is 57.1 Å². The summed E-state index contributed by atoms with van der Waals surface area (Å²) in [6, 6.07) is 20.7. The molecule has 0 heterocycles. The number of ether oxygens (including phenoxy) is 1. The normalized spacial score (nSPS) is 14.3. The van der Waals surface area contributed by atoms with Gasteiger partial charge in [0, 0.05) is 28.5 Å². The molecule has 1 N–H and O–H groups in total. The highest BCUT2D eigenvalue weighted by atomic mass is 79.9. The molecular formula is C31H35BrClN3O5S. The lowest BCUT2D eigenvalue weighted by molar-refractivity contribution is -0.140. The third kappa shape index (κ3) is 8.49. The molecule has 0 unspecified atom stereocenters. The minimum absolute atomic E-state index is 0.0450. The molecule has 3 aromatic rings. The molecule has 224 valence electrons. The zero-order valence-corrected chi connectivity index (χ0v) is 26.8. The fourth-order valence-corrected chi connectivity index (χ4v) is 6.44. The van der Waals surface area contributed by atoms with E-state index in [1.54, 1.807) is 12.1 Å². The second-order valence-electron chi connectivity index (χ2n) is 10.4. The number of benzene rings is 3. The Balaban J connectivity index is 1.75. The Hall–Kier alpha value is -3.08. The highest BCUT2D eigenvalue weighted by Crippen LogP contribution is 2.33. The van der Waals surface area contributed by atoms with Crippen molar-refractivity contribution in [3.8, 4) is 5.75 Å². The maximum Gasteiger partial charge on any atom is 0.244 e. The molecule has 1 aliphatic carbocycles. The zero-order chi connectivity index (χ0) is 30.3. The molecule has 1 atom stereocenters. The van der Waals surface area contributed by atoms with Crippen molar-refractivity contribution in [2.24, 2.45) is 0 Å². The lowest BCUT2D eigenvalue weighted by atomic mass is 10.0. The number of hydrogen-bond donors (Lipinski definition) is 1. The van der Waals surface area contributed by atoms with E-state index < -0.39 is 28.5 Å². The minimum Gasteiger partial charge on any atom is -0.495 e. The van der Waals surface area contributed by atoms with Crippen LogP contribution in [0.5, 0.6) is 5.75 Å². The first-order valence-corrected chi connectivity index (χ1v) is 16.8. The summed E-state index contributed by atoms with van der Waals surface area (Å²) in [5, 5.41) is 3.45. The number of nitrogens with one attached hydrogen (secondary N) is 1. The van der Waals surface area contributed by atoms with E-state index in [0.29, 0.717) is 0 Å². The van der Waals surface area contributed by atoms with E-state index in [9.17, 15) is 18.0 Å². The number of sulfonamides is 1. The molecule has 8 nitrogen and oxygen atoms in total. The molecule has 1 aliphatic rings. The van der Waals surface area contributed by atoms with Gasteiger partial charge in [0.2, 0.25) is 21.8 Å². The van der Waals surface area contributed by atoms with E-state index in [-0.39, 0.29) is 41.4 Å². The summed E-state index contributed by atoms with van der Waals surface area (Å²) in [5.74, 6) is -0.549. The molecule has 11 heteroatoms. The molecule has 1 fully saturated rings. The Morgan fingerprint density at radius 2 is 1.69 bits per heavy atom. The van der Waals surface area contributed by atoms with Gasteiger partial charge in [0.15, 0.2) is 0 Å². The van der Waals surface area contributed by atoms with Crippen LogP contribution in [0.4, 0.5) is 5.69 Å².